The lowest BCUT2D eigenvalue weighted by Crippen LogP contribution is -2.30. The van der Waals surface area contributed by atoms with Gasteiger partial charge in [-0.1, -0.05) is 32.9 Å². The summed E-state index contributed by atoms with van der Waals surface area (Å²) in [4.78, 5) is 0. The Bertz CT molecular complexity index is 618. The summed E-state index contributed by atoms with van der Waals surface area (Å²) < 4.78 is 2.19. The fourth-order valence-electron chi connectivity index (χ4n) is 2.68. The minimum Gasteiger partial charge on any atom is -0.201 e. The number of pyridine rings is 1. The first kappa shape index (κ1) is 14.8. The summed E-state index contributed by atoms with van der Waals surface area (Å²) in [6.07, 6.45) is 3.25. The molecule has 0 fully saturated rings. The largest absolute Gasteiger partial charge is 0.212 e. The van der Waals surface area contributed by atoms with E-state index in [1.54, 1.807) is 0 Å². The van der Waals surface area contributed by atoms with E-state index in [0.717, 1.165) is 6.42 Å². The second kappa shape index (κ2) is 5.40. The lowest BCUT2D eigenvalue weighted by Gasteiger charge is -2.18. The normalized spacial score (nSPS) is 11.7. The molecule has 1 nitrogen and oxygen atoms in total. The molecule has 106 valence electrons. The van der Waals surface area contributed by atoms with Crippen LogP contribution in [0.1, 0.15) is 37.5 Å². The Labute approximate surface area is 123 Å². The van der Waals surface area contributed by atoms with Crippen LogP contribution < -0.4 is 4.57 Å². The Hall–Kier alpha value is -1.63. The van der Waals surface area contributed by atoms with Crippen LogP contribution in [0.3, 0.4) is 0 Å². The van der Waals surface area contributed by atoms with E-state index in [0.29, 0.717) is 5.41 Å². The number of hydrogen-bond acceptors (Lipinski definition) is 0. The molecule has 0 amide bonds. The molecule has 0 spiro atoms. The standard InChI is InChI=1S/C19H26N/c1-14-9-10-20(6)18(11-14)17-8-7-16(12-15(17)2)13-19(3,4)5/h7-12H,13H2,1-6H3/q+1. The topological polar surface area (TPSA) is 3.88 Å². The zero-order chi connectivity index (χ0) is 14.9. The van der Waals surface area contributed by atoms with Gasteiger partial charge in [0.2, 0.25) is 5.69 Å². The first-order chi connectivity index (χ1) is 9.26. The van der Waals surface area contributed by atoms with Gasteiger partial charge in [-0.05, 0) is 48.4 Å². The van der Waals surface area contributed by atoms with E-state index in [1.807, 2.05) is 0 Å². The van der Waals surface area contributed by atoms with E-state index in [9.17, 15) is 0 Å². The Kier molecular flexibility index (Phi) is 3.99. The van der Waals surface area contributed by atoms with Gasteiger partial charge in [0.05, 0.1) is 0 Å². The zero-order valence-corrected chi connectivity index (χ0v) is 13.6. The van der Waals surface area contributed by atoms with Gasteiger partial charge in [-0.15, -0.1) is 0 Å². The minimum absolute atomic E-state index is 0.335. The molecule has 0 aliphatic rings. The maximum absolute atomic E-state index is 2.34. The molecule has 0 bridgehead atoms. The Morgan fingerprint density at radius 3 is 2.30 bits per heavy atom. The monoisotopic (exact) mass is 268 g/mol. The third-order valence-corrected chi connectivity index (χ3v) is 3.61. The molecule has 20 heavy (non-hydrogen) atoms. The molecular weight excluding hydrogens is 242 g/mol. The highest BCUT2D eigenvalue weighted by molar-refractivity contribution is 5.62. The second-order valence-corrected chi connectivity index (χ2v) is 7.09. The maximum atomic E-state index is 2.34. The van der Waals surface area contributed by atoms with Crippen LogP contribution in [0.2, 0.25) is 0 Å². The van der Waals surface area contributed by atoms with Gasteiger partial charge in [0.25, 0.3) is 0 Å². The van der Waals surface area contributed by atoms with Crippen LogP contribution in [-0.2, 0) is 13.5 Å². The molecule has 0 atom stereocenters. The van der Waals surface area contributed by atoms with Crippen molar-refractivity contribution in [2.45, 2.75) is 41.0 Å². The van der Waals surface area contributed by atoms with Crippen molar-refractivity contribution < 1.29 is 4.57 Å². The van der Waals surface area contributed by atoms with Crippen molar-refractivity contribution in [3.63, 3.8) is 0 Å². The predicted molar refractivity (Wildman–Crippen MR) is 85.7 cm³/mol. The van der Waals surface area contributed by atoms with Crippen molar-refractivity contribution in [1.29, 1.82) is 0 Å². The summed E-state index contributed by atoms with van der Waals surface area (Å²) in [6, 6.07) is 11.3. The molecule has 0 saturated carbocycles. The van der Waals surface area contributed by atoms with Gasteiger partial charge >= 0.3 is 0 Å². The van der Waals surface area contributed by atoms with Crippen molar-refractivity contribution >= 4 is 0 Å². The van der Waals surface area contributed by atoms with Gasteiger partial charge in [0, 0.05) is 17.7 Å². The fraction of sp³-hybridized carbons (Fsp3) is 0.421. The maximum Gasteiger partial charge on any atom is 0.212 e. The van der Waals surface area contributed by atoms with Gasteiger partial charge in [-0.2, -0.15) is 0 Å². The number of aromatic nitrogens is 1. The molecule has 0 saturated heterocycles. The highest BCUT2D eigenvalue weighted by Crippen LogP contribution is 2.26. The molecule has 0 aliphatic carbocycles. The number of hydrogen-bond donors (Lipinski definition) is 0. The van der Waals surface area contributed by atoms with Crippen LogP contribution in [0.4, 0.5) is 0 Å². The zero-order valence-electron chi connectivity index (χ0n) is 13.6. The molecule has 0 radical (unpaired) electrons. The van der Waals surface area contributed by atoms with Crippen molar-refractivity contribution in [1.82, 2.24) is 0 Å². The molecule has 0 aliphatic heterocycles. The first-order valence-corrected chi connectivity index (χ1v) is 7.32. The number of nitrogens with zero attached hydrogens (tertiary/aromatic N) is 1. The lowest BCUT2D eigenvalue weighted by atomic mass is 9.87. The van der Waals surface area contributed by atoms with Crippen LogP contribution in [0.25, 0.3) is 11.3 Å². The molecule has 1 aromatic heterocycles. The van der Waals surface area contributed by atoms with Crippen LogP contribution >= 0.6 is 0 Å². The second-order valence-electron chi connectivity index (χ2n) is 7.09. The number of benzene rings is 1. The van der Waals surface area contributed by atoms with E-state index >= 15 is 0 Å². The van der Waals surface area contributed by atoms with E-state index in [2.05, 4.69) is 82.8 Å². The van der Waals surface area contributed by atoms with E-state index in [-0.39, 0.29) is 0 Å². The Balaban J connectivity index is 2.42. The summed E-state index contributed by atoms with van der Waals surface area (Å²) in [5.74, 6) is 0. The molecule has 0 unspecified atom stereocenters. The summed E-state index contributed by atoms with van der Waals surface area (Å²) >= 11 is 0. The van der Waals surface area contributed by atoms with Crippen LogP contribution in [0.5, 0.6) is 0 Å². The first-order valence-electron chi connectivity index (χ1n) is 7.32. The third kappa shape index (κ3) is 3.47. The van der Waals surface area contributed by atoms with Crippen molar-refractivity contribution in [3.05, 3.63) is 53.2 Å². The van der Waals surface area contributed by atoms with Crippen LogP contribution in [0, 0.1) is 19.3 Å². The Morgan fingerprint density at radius 1 is 1.00 bits per heavy atom. The SMILES string of the molecule is Cc1cc[n+](C)c(-c2ccc(CC(C)(C)C)cc2C)c1. The van der Waals surface area contributed by atoms with Gasteiger partial charge in [0.15, 0.2) is 6.20 Å². The molecule has 2 aromatic rings. The van der Waals surface area contributed by atoms with E-state index in [1.165, 1.54) is 27.9 Å². The van der Waals surface area contributed by atoms with Gasteiger partial charge in [-0.25, -0.2) is 4.57 Å². The van der Waals surface area contributed by atoms with Gasteiger partial charge < -0.3 is 0 Å². The fourth-order valence-corrected chi connectivity index (χ4v) is 2.68. The highest BCUT2D eigenvalue weighted by Gasteiger charge is 2.15. The minimum atomic E-state index is 0.335. The summed E-state index contributed by atoms with van der Waals surface area (Å²) in [6.45, 7) is 11.2. The molecule has 1 heterocycles. The average molecular weight is 268 g/mol. The molecule has 1 aromatic carbocycles. The highest BCUT2D eigenvalue weighted by atomic mass is 14.9. The molecule has 2 rings (SSSR count). The number of aryl methyl sites for hydroxylation is 3. The summed E-state index contributed by atoms with van der Waals surface area (Å²) in [5.41, 5.74) is 7.03. The summed E-state index contributed by atoms with van der Waals surface area (Å²) in [7, 11) is 2.11. The van der Waals surface area contributed by atoms with Crippen molar-refractivity contribution in [3.8, 4) is 11.3 Å². The molecular formula is C19H26N+. The van der Waals surface area contributed by atoms with Crippen molar-refractivity contribution in [2.24, 2.45) is 12.5 Å². The van der Waals surface area contributed by atoms with Crippen LogP contribution in [0.15, 0.2) is 36.5 Å². The van der Waals surface area contributed by atoms with Gasteiger partial charge in [-0.3, -0.25) is 0 Å². The predicted octanol–water partition coefficient (Wildman–Crippen LogP) is 4.38. The van der Waals surface area contributed by atoms with Crippen molar-refractivity contribution in [2.75, 3.05) is 0 Å². The van der Waals surface area contributed by atoms with E-state index < -0.39 is 0 Å². The van der Waals surface area contributed by atoms with Crippen LogP contribution in [-0.4, -0.2) is 0 Å². The lowest BCUT2D eigenvalue weighted by molar-refractivity contribution is -0.660. The summed E-state index contributed by atoms with van der Waals surface area (Å²) in [5, 5.41) is 0. The quantitative estimate of drug-likeness (QED) is 0.711. The third-order valence-electron chi connectivity index (χ3n) is 3.61. The van der Waals surface area contributed by atoms with E-state index in [4.69, 9.17) is 0 Å². The average Bonchev–Trinajstić information content (AvgIpc) is 2.31. The molecule has 1 heteroatoms. The molecule has 0 N–H and O–H groups in total. The Morgan fingerprint density at radius 2 is 1.70 bits per heavy atom. The number of rotatable bonds is 2. The van der Waals surface area contributed by atoms with Gasteiger partial charge in [0.1, 0.15) is 7.05 Å². The smallest absolute Gasteiger partial charge is 0.201 e.